The normalized spacial score (nSPS) is 14.3. The van der Waals surface area contributed by atoms with Gasteiger partial charge >= 0.3 is 0 Å². The fourth-order valence-electron chi connectivity index (χ4n) is 2.63. The molecule has 146 valence electrons. The van der Waals surface area contributed by atoms with E-state index in [-0.39, 0.29) is 10.8 Å². The van der Waals surface area contributed by atoms with E-state index in [0.717, 1.165) is 23.5 Å². The van der Waals surface area contributed by atoms with Gasteiger partial charge in [-0.1, -0.05) is 68.4 Å². The smallest absolute Gasteiger partial charge is 0.0717 e. The van der Waals surface area contributed by atoms with Crippen LogP contribution in [0.2, 0.25) is 0 Å². The quantitative estimate of drug-likeness (QED) is 0.489. The minimum absolute atomic E-state index is 0.0644. The molecule has 0 saturated heterocycles. The van der Waals surface area contributed by atoms with Gasteiger partial charge in [0.2, 0.25) is 0 Å². The van der Waals surface area contributed by atoms with E-state index >= 15 is 0 Å². The first kappa shape index (κ1) is 22.6. The summed E-state index contributed by atoms with van der Waals surface area (Å²) in [4.78, 5) is 10.2. The second kappa shape index (κ2) is 8.06. The fourth-order valence-corrected chi connectivity index (χ4v) is 2.63. The van der Waals surface area contributed by atoms with Gasteiger partial charge in [-0.2, -0.15) is 0 Å². The van der Waals surface area contributed by atoms with Crippen LogP contribution in [0.15, 0.2) is 16.1 Å². The molecule has 0 fully saturated rings. The minimum Gasteiger partial charge on any atom is -0.257 e. The van der Waals surface area contributed by atoms with Crippen LogP contribution in [0.4, 0.5) is 11.4 Å². The Hall–Kier alpha value is -1.44. The van der Waals surface area contributed by atoms with Crippen molar-refractivity contribution in [2.75, 3.05) is 0 Å². The Labute approximate surface area is 162 Å². The van der Waals surface area contributed by atoms with Gasteiger partial charge in [-0.05, 0) is 55.1 Å². The Morgan fingerprint density at radius 3 is 1.65 bits per heavy atom. The summed E-state index contributed by atoms with van der Waals surface area (Å²) in [6.45, 7) is 26.5. The second-order valence-corrected chi connectivity index (χ2v) is 9.86. The van der Waals surface area contributed by atoms with E-state index in [4.69, 9.17) is 9.98 Å². The summed E-state index contributed by atoms with van der Waals surface area (Å²) in [6, 6.07) is 2.30. The maximum atomic E-state index is 5.14. The van der Waals surface area contributed by atoms with Crippen molar-refractivity contribution in [1.29, 1.82) is 0 Å². The summed E-state index contributed by atoms with van der Waals surface area (Å²) in [5, 5.41) is 0. The van der Waals surface area contributed by atoms with Crippen molar-refractivity contribution < 1.29 is 0 Å². The largest absolute Gasteiger partial charge is 0.257 e. The summed E-state index contributed by atoms with van der Waals surface area (Å²) in [6.07, 6.45) is 0.938. The molecule has 2 nitrogen and oxygen atoms in total. The third-order valence-electron chi connectivity index (χ3n) is 5.30. The summed E-state index contributed by atoms with van der Waals surface area (Å²) < 4.78 is 0. The molecule has 0 amide bonds. The summed E-state index contributed by atoms with van der Waals surface area (Å²) in [7, 11) is 0. The van der Waals surface area contributed by atoms with Gasteiger partial charge in [-0.25, -0.2) is 0 Å². The Morgan fingerprint density at radius 2 is 1.31 bits per heavy atom. The van der Waals surface area contributed by atoms with E-state index in [1.165, 1.54) is 22.4 Å². The first-order valence-corrected chi connectivity index (χ1v) is 9.98. The van der Waals surface area contributed by atoms with E-state index in [2.05, 4.69) is 89.2 Å². The molecule has 0 aromatic heterocycles. The number of hydrogen-bond acceptors (Lipinski definition) is 2. The van der Waals surface area contributed by atoms with E-state index in [9.17, 15) is 0 Å². The standard InChI is InChI=1S/C24H40N2/c1-13-19-21(25-17(5)23(7,8)9)16(4)14-20(15(2)3)22(19)26-18(6)24(10,11)12/h14-15H,13H2,1-12H3. The average molecular weight is 357 g/mol. The van der Waals surface area contributed by atoms with Crippen LogP contribution in [-0.2, 0) is 6.42 Å². The molecule has 2 heteroatoms. The average Bonchev–Trinajstić information content (AvgIpc) is 2.47. The highest BCUT2D eigenvalue weighted by atomic mass is 14.8. The van der Waals surface area contributed by atoms with Crippen molar-refractivity contribution in [3.05, 3.63) is 22.8 Å². The molecular weight excluding hydrogens is 316 g/mol. The van der Waals surface area contributed by atoms with Crippen molar-refractivity contribution in [1.82, 2.24) is 0 Å². The lowest BCUT2D eigenvalue weighted by atomic mass is 9.88. The van der Waals surface area contributed by atoms with Crippen molar-refractivity contribution in [2.45, 2.75) is 95.4 Å². The number of aliphatic imine (C=N–C) groups is 2. The van der Waals surface area contributed by atoms with E-state index in [0.29, 0.717) is 5.92 Å². The zero-order valence-corrected chi connectivity index (χ0v) is 19.3. The SMILES string of the molecule is CCc1c(N=C(C)C(C)(C)C)c(C)cc(C(C)C)c1N=C(C)C(C)(C)C. The van der Waals surface area contributed by atoms with Crippen LogP contribution in [0.25, 0.3) is 0 Å². The number of hydrogen-bond donors (Lipinski definition) is 0. The van der Waals surface area contributed by atoms with Crippen LogP contribution in [-0.4, -0.2) is 11.4 Å². The maximum Gasteiger partial charge on any atom is 0.0717 e. The molecule has 0 unspecified atom stereocenters. The van der Waals surface area contributed by atoms with Crippen LogP contribution < -0.4 is 0 Å². The predicted octanol–water partition coefficient (Wildman–Crippen LogP) is 7.96. The predicted molar refractivity (Wildman–Crippen MR) is 119 cm³/mol. The monoisotopic (exact) mass is 356 g/mol. The third kappa shape index (κ3) is 5.28. The minimum atomic E-state index is 0.0644. The van der Waals surface area contributed by atoms with Gasteiger partial charge in [0.25, 0.3) is 0 Å². The number of nitrogens with zero attached hydrogens (tertiary/aromatic N) is 2. The Morgan fingerprint density at radius 1 is 0.885 bits per heavy atom. The number of benzene rings is 1. The lowest BCUT2D eigenvalue weighted by Gasteiger charge is -2.24. The van der Waals surface area contributed by atoms with Crippen molar-refractivity contribution in [3.8, 4) is 0 Å². The maximum absolute atomic E-state index is 5.14. The highest BCUT2D eigenvalue weighted by Crippen LogP contribution is 2.41. The fraction of sp³-hybridized carbons (Fsp3) is 0.667. The second-order valence-electron chi connectivity index (χ2n) is 9.86. The topological polar surface area (TPSA) is 24.7 Å². The van der Waals surface area contributed by atoms with Crippen molar-refractivity contribution >= 4 is 22.8 Å². The van der Waals surface area contributed by atoms with Gasteiger partial charge in [-0.3, -0.25) is 9.98 Å². The van der Waals surface area contributed by atoms with Gasteiger partial charge < -0.3 is 0 Å². The molecular formula is C24H40N2. The molecule has 0 spiro atoms. The van der Waals surface area contributed by atoms with Crippen molar-refractivity contribution in [2.24, 2.45) is 20.8 Å². The van der Waals surface area contributed by atoms with Gasteiger partial charge in [-0.15, -0.1) is 0 Å². The van der Waals surface area contributed by atoms with Crippen LogP contribution in [0.1, 0.15) is 98.8 Å². The van der Waals surface area contributed by atoms with Crippen LogP contribution >= 0.6 is 0 Å². The lowest BCUT2D eigenvalue weighted by Crippen LogP contribution is -2.17. The van der Waals surface area contributed by atoms with Crippen LogP contribution in [0.5, 0.6) is 0 Å². The zero-order valence-electron chi connectivity index (χ0n) is 19.3. The van der Waals surface area contributed by atoms with E-state index < -0.39 is 0 Å². The first-order valence-electron chi connectivity index (χ1n) is 9.98. The molecule has 1 rings (SSSR count). The molecule has 1 aromatic carbocycles. The zero-order chi connectivity index (χ0) is 20.4. The molecule has 0 aliphatic carbocycles. The summed E-state index contributed by atoms with van der Waals surface area (Å²) in [5.74, 6) is 0.437. The van der Waals surface area contributed by atoms with Gasteiger partial charge in [0.1, 0.15) is 0 Å². The molecule has 0 radical (unpaired) electrons. The summed E-state index contributed by atoms with van der Waals surface area (Å²) in [5.41, 5.74) is 8.58. The molecule has 0 bridgehead atoms. The highest BCUT2D eigenvalue weighted by Gasteiger charge is 2.21. The Bertz CT molecular complexity index is 705. The third-order valence-corrected chi connectivity index (χ3v) is 5.30. The lowest BCUT2D eigenvalue weighted by molar-refractivity contribution is 0.588. The molecule has 0 heterocycles. The van der Waals surface area contributed by atoms with Crippen LogP contribution in [0.3, 0.4) is 0 Å². The molecule has 0 aliphatic heterocycles. The van der Waals surface area contributed by atoms with Crippen molar-refractivity contribution in [3.63, 3.8) is 0 Å². The highest BCUT2D eigenvalue weighted by molar-refractivity contribution is 5.92. The Kier molecular flexibility index (Phi) is 7.01. The molecule has 1 aromatic rings. The number of rotatable bonds is 4. The summed E-state index contributed by atoms with van der Waals surface area (Å²) >= 11 is 0. The number of aryl methyl sites for hydroxylation is 1. The van der Waals surface area contributed by atoms with Crippen LogP contribution in [0, 0.1) is 17.8 Å². The van der Waals surface area contributed by atoms with Gasteiger partial charge in [0.05, 0.1) is 11.4 Å². The molecule has 0 N–H and O–H groups in total. The molecule has 0 atom stereocenters. The molecule has 26 heavy (non-hydrogen) atoms. The van der Waals surface area contributed by atoms with E-state index in [1.807, 2.05) is 0 Å². The van der Waals surface area contributed by atoms with Gasteiger partial charge in [0, 0.05) is 17.0 Å². The molecule has 0 aliphatic rings. The first-order chi connectivity index (χ1) is 11.7. The Balaban J connectivity index is 3.85. The van der Waals surface area contributed by atoms with Gasteiger partial charge in [0.15, 0.2) is 0 Å². The van der Waals surface area contributed by atoms with E-state index in [1.54, 1.807) is 0 Å². The molecule has 0 saturated carbocycles.